The molecular formula is C9H12F3NO5. The molecule has 9 heteroatoms. The van der Waals surface area contributed by atoms with Crippen LogP contribution in [0.1, 0.15) is 13.8 Å². The summed E-state index contributed by atoms with van der Waals surface area (Å²) in [6.07, 6.45) is -5.17. The third-order valence-electron chi connectivity index (χ3n) is 2.35. The number of carboxylic acids is 1. The van der Waals surface area contributed by atoms with Crippen molar-refractivity contribution in [2.24, 2.45) is 0 Å². The summed E-state index contributed by atoms with van der Waals surface area (Å²) >= 11 is 0. The largest absolute Gasteiger partial charge is 0.479 e. The van der Waals surface area contributed by atoms with Gasteiger partial charge in [-0.25, -0.2) is 4.79 Å². The van der Waals surface area contributed by atoms with Gasteiger partial charge >= 0.3 is 18.1 Å². The van der Waals surface area contributed by atoms with Crippen LogP contribution in [-0.4, -0.2) is 47.7 Å². The van der Waals surface area contributed by atoms with E-state index in [1.165, 1.54) is 19.2 Å². The average Bonchev–Trinajstić information content (AvgIpc) is 2.19. The van der Waals surface area contributed by atoms with E-state index >= 15 is 0 Å². The van der Waals surface area contributed by atoms with Crippen molar-refractivity contribution >= 4 is 11.9 Å². The van der Waals surface area contributed by atoms with Gasteiger partial charge in [0.05, 0.1) is 13.2 Å². The minimum atomic E-state index is -5.17. The molecule has 0 spiro atoms. The number of aliphatic carboxylic acids is 1. The first-order valence-electron chi connectivity index (χ1n) is 4.89. The van der Waals surface area contributed by atoms with Crippen LogP contribution in [0.15, 0.2) is 0 Å². The predicted molar refractivity (Wildman–Crippen MR) is 50.5 cm³/mol. The van der Waals surface area contributed by atoms with Crippen molar-refractivity contribution in [1.82, 2.24) is 5.32 Å². The van der Waals surface area contributed by atoms with Crippen LogP contribution >= 0.6 is 0 Å². The zero-order valence-corrected chi connectivity index (χ0v) is 9.63. The van der Waals surface area contributed by atoms with E-state index in [1.54, 1.807) is 0 Å². The Morgan fingerprint density at radius 2 is 1.67 bits per heavy atom. The Labute approximate surface area is 100 Å². The third kappa shape index (κ3) is 3.10. The van der Waals surface area contributed by atoms with Crippen LogP contribution in [0, 0.1) is 0 Å². The van der Waals surface area contributed by atoms with Crippen LogP contribution in [0.3, 0.4) is 0 Å². The number of carbonyl (C=O) groups is 2. The lowest BCUT2D eigenvalue weighted by Crippen LogP contribution is -2.67. The van der Waals surface area contributed by atoms with Crippen molar-refractivity contribution in [3.05, 3.63) is 0 Å². The number of halogens is 3. The minimum Gasteiger partial charge on any atom is -0.479 e. The number of ether oxygens (including phenoxy) is 2. The summed E-state index contributed by atoms with van der Waals surface area (Å²) in [4.78, 5) is 21.8. The number of hydrogen-bond donors (Lipinski definition) is 2. The van der Waals surface area contributed by atoms with E-state index in [9.17, 15) is 22.8 Å². The quantitative estimate of drug-likeness (QED) is 0.753. The monoisotopic (exact) mass is 271 g/mol. The number of nitrogens with one attached hydrogen (secondary N) is 1. The molecule has 0 radical (unpaired) electrons. The van der Waals surface area contributed by atoms with Gasteiger partial charge in [0, 0.05) is 0 Å². The molecule has 104 valence electrons. The Morgan fingerprint density at radius 1 is 1.22 bits per heavy atom. The summed E-state index contributed by atoms with van der Waals surface area (Å²) in [6, 6.07) is 0. The van der Waals surface area contributed by atoms with Gasteiger partial charge in [-0.05, 0) is 13.8 Å². The van der Waals surface area contributed by atoms with Crippen molar-refractivity contribution in [2.45, 2.75) is 31.3 Å². The van der Waals surface area contributed by atoms with Crippen molar-refractivity contribution < 1.29 is 37.3 Å². The van der Waals surface area contributed by atoms with Crippen molar-refractivity contribution in [2.75, 3.05) is 13.2 Å². The normalized spacial score (nSPS) is 22.3. The molecule has 0 aromatic heterocycles. The third-order valence-corrected chi connectivity index (χ3v) is 2.35. The summed E-state index contributed by atoms with van der Waals surface area (Å²) in [6.45, 7) is 1.73. The molecule has 1 aliphatic heterocycles. The molecule has 0 bridgehead atoms. The second kappa shape index (κ2) is 4.39. The molecule has 1 aliphatic rings. The lowest BCUT2D eigenvalue weighted by Gasteiger charge is -2.41. The van der Waals surface area contributed by atoms with E-state index in [-0.39, 0.29) is 0 Å². The fraction of sp³-hybridized carbons (Fsp3) is 0.778. The number of amides is 1. The summed E-state index contributed by atoms with van der Waals surface area (Å²) < 4.78 is 46.3. The maximum Gasteiger partial charge on any atom is 0.471 e. The molecule has 1 rings (SSSR count). The first-order chi connectivity index (χ1) is 7.99. The Kier molecular flexibility index (Phi) is 3.59. The standard InChI is InChI=1S/C9H12F3NO5/c1-7(2)17-3-8(4-18-7,6(15)16)13-5(14)9(10,11)12/h3-4H2,1-2H3,(H,13,14)(H,15,16). The highest BCUT2D eigenvalue weighted by molar-refractivity contribution is 5.90. The van der Waals surface area contributed by atoms with Crippen LogP contribution < -0.4 is 5.32 Å². The number of alkyl halides is 3. The average molecular weight is 271 g/mol. The lowest BCUT2D eigenvalue weighted by atomic mass is 10.0. The molecule has 0 saturated carbocycles. The zero-order valence-electron chi connectivity index (χ0n) is 9.63. The first-order valence-corrected chi connectivity index (χ1v) is 4.89. The van der Waals surface area contributed by atoms with Gasteiger partial charge in [-0.3, -0.25) is 4.79 Å². The van der Waals surface area contributed by atoms with E-state index in [0.717, 1.165) is 0 Å². The van der Waals surface area contributed by atoms with Crippen molar-refractivity contribution in [1.29, 1.82) is 0 Å². The molecule has 0 aromatic rings. The predicted octanol–water partition coefficient (Wildman–Crippen LogP) is 0.271. The molecule has 0 aromatic carbocycles. The van der Waals surface area contributed by atoms with Gasteiger partial charge in [0.1, 0.15) is 0 Å². The smallest absolute Gasteiger partial charge is 0.471 e. The highest BCUT2D eigenvalue weighted by Gasteiger charge is 2.51. The molecule has 1 amide bonds. The maximum absolute atomic E-state index is 12.1. The molecule has 0 unspecified atom stereocenters. The van der Waals surface area contributed by atoms with E-state index in [1.807, 2.05) is 0 Å². The SMILES string of the molecule is CC1(C)OCC(NC(=O)C(F)(F)F)(C(=O)O)CO1. The molecule has 0 aliphatic carbocycles. The summed E-state index contributed by atoms with van der Waals surface area (Å²) in [5.74, 6) is -5.12. The number of hydrogen-bond acceptors (Lipinski definition) is 4. The second-order valence-corrected chi connectivity index (χ2v) is 4.32. The van der Waals surface area contributed by atoms with Gasteiger partial charge in [-0.1, -0.05) is 0 Å². The van der Waals surface area contributed by atoms with E-state index < -0.39 is 42.6 Å². The van der Waals surface area contributed by atoms with Gasteiger partial charge in [0.25, 0.3) is 0 Å². The van der Waals surface area contributed by atoms with Crippen LogP contribution in [0.5, 0.6) is 0 Å². The summed E-state index contributed by atoms with van der Waals surface area (Å²) in [5, 5.41) is 10.3. The molecule has 1 heterocycles. The number of carboxylic acid groups (broad SMARTS) is 1. The zero-order chi connectivity index (χ0) is 14.2. The maximum atomic E-state index is 12.1. The van der Waals surface area contributed by atoms with Gasteiger partial charge in [0.15, 0.2) is 11.3 Å². The summed E-state index contributed by atoms with van der Waals surface area (Å²) in [7, 11) is 0. The molecule has 1 fully saturated rings. The van der Waals surface area contributed by atoms with Crippen LogP contribution in [0.4, 0.5) is 13.2 Å². The van der Waals surface area contributed by atoms with Crippen LogP contribution in [-0.2, 0) is 19.1 Å². The fourth-order valence-corrected chi connectivity index (χ4v) is 1.21. The fourth-order valence-electron chi connectivity index (χ4n) is 1.21. The van der Waals surface area contributed by atoms with Gasteiger partial charge in [0.2, 0.25) is 0 Å². The molecule has 1 saturated heterocycles. The van der Waals surface area contributed by atoms with Crippen LogP contribution in [0.2, 0.25) is 0 Å². The Balaban J connectivity index is 2.85. The number of carbonyl (C=O) groups excluding carboxylic acids is 1. The topological polar surface area (TPSA) is 84.9 Å². The highest BCUT2D eigenvalue weighted by Crippen LogP contribution is 2.25. The first kappa shape index (κ1) is 14.7. The molecule has 6 nitrogen and oxygen atoms in total. The number of rotatable bonds is 2. The van der Waals surface area contributed by atoms with Crippen molar-refractivity contribution in [3.8, 4) is 0 Å². The van der Waals surface area contributed by atoms with Gasteiger partial charge in [-0.2, -0.15) is 13.2 Å². The second-order valence-electron chi connectivity index (χ2n) is 4.32. The molecule has 2 N–H and O–H groups in total. The lowest BCUT2D eigenvalue weighted by molar-refractivity contribution is -0.271. The highest BCUT2D eigenvalue weighted by atomic mass is 19.4. The van der Waals surface area contributed by atoms with Crippen molar-refractivity contribution in [3.63, 3.8) is 0 Å². The molecule has 0 atom stereocenters. The van der Waals surface area contributed by atoms with Gasteiger partial charge in [-0.15, -0.1) is 0 Å². The summed E-state index contributed by atoms with van der Waals surface area (Å²) in [5.41, 5.74) is -2.23. The Hall–Kier alpha value is -1.35. The van der Waals surface area contributed by atoms with Gasteiger partial charge < -0.3 is 19.9 Å². The molecule has 18 heavy (non-hydrogen) atoms. The van der Waals surface area contributed by atoms with Crippen LogP contribution in [0.25, 0.3) is 0 Å². The van der Waals surface area contributed by atoms with E-state index in [0.29, 0.717) is 0 Å². The minimum absolute atomic E-state index is 0.614. The molecular weight excluding hydrogens is 259 g/mol. The Morgan fingerprint density at radius 3 is 2.00 bits per heavy atom. The van der Waals surface area contributed by atoms with E-state index in [4.69, 9.17) is 14.6 Å². The Bertz CT molecular complexity index is 356. The van der Waals surface area contributed by atoms with E-state index in [2.05, 4.69) is 0 Å².